The van der Waals surface area contributed by atoms with Crippen molar-refractivity contribution in [3.05, 3.63) is 89.8 Å². The van der Waals surface area contributed by atoms with Crippen LogP contribution in [0.5, 0.6) is 0 Å². The van der Waals surface area contributed by atoms with Gasteiger partial charge in [-0.05, 0) is 17.8 Å². The number of halogens is 2. The molecule has 0 saturated heterocycles. The molecule has 1 aliphatic rings. The molecular formula is C24H22Cl2N2Zr. The minimum absolute atomic E-state index is 0. The van der Waals surface area contributed by atoms with Crippen molar-refractivity contribution >= 4 is 21.8 Å². The Labute approximate surface area is 204 Å². The molecule has 2 nitrogen and oxygen atoms in total. The number of hydrogen-bond donors (Lipinski definition) is 0. The zero-order valence-corrected chi connectivity index (χ0v) is 20.7. The van der Waals surface area contributed by atoms with E-state index >= 15 is 0 Å². The summed E-state index contributed by atoms with van der Waals surface area (Å²) in [5, 5.41) is 2.54. The number of allylic oxidation sites excluding steroid dienone is 4. The average molecular weight is 501 g/mol. The van der Waals surface area contributed by atoms with Crippen molar-refractivity contribution in [3.8, 4) is 5.69 Å². The molecule has 0 saturated carbocycles. The number of para-hydroxylation sites is 2. The predicted molar refractivity (Wildman–Crippen MR) is 110 cm³/mol. The Kier molecular flexibility index (Phi) is 9.69. The summed E-state index contributed by atoms with van der Waals surface area (Å²) in [4.78, 5) is 4.43. The molecular weight excluding hydrogens is 478 g/mol. The Morgan fingerprint density at radius 1 is 0.966 bits per heavy atom. The van der Waals surface area contributed by atoms with Crippen LogP contribution in [0.3, 0.4) is 0 Å². The molecule has 0 N–H and O–H groups in total. The van der Waals surface area contributed by atoms with Crippen LogP contribution in [0.15, 0.2) is 83.7 Å². The topological polar surface area (TPSA) is 17.8 Å². The number of benzene rings is 2. The Morgan fingerprint density at radius 2 is 1.66 bits per heavy atom. The van der Waals surface area contributed by atoms with Gasteiger partial charge in [0.1, 0.15) is 0 Å². The first-order chi connectivity index (χ1) is 12.6. The first-order valence-corrected chi connectivity index (χ1v) is 8.95. The molecule has 1 aromatic heterocycles. The van der Waals surface area contributed by atoms with Gasteiger partial charge < -0.3 is 29.4 Å². The van der Waals surface area contributed by atoms with E-state index in [4.69, 9.17) is 0 Å². The molecule has 29 heavy (non-hydrogen) atoms. The van der Waals surface area contributed by atoms with Crippen LogP contribution in [0.25, 0.3) is 27.5 Å². The van der Waals surface area contributed by atoms with Crippen molar-refractivity contribution in [1.29, 1.82) is 0 Å². The second-order valence-corrected chi connectivity index (χ2v) is 6.83. The molecule has 0 atom stereocenters. The summed E-state index contributed by atoms with van der Waals surface area (Å²) >= 11 is 0. The normalized spacial score (nSPS) is 12.4. The summed E-state index contributed by atoms with van der Waals surface area (Å²) < 4.78 is 2.13. The molecule has 0 radical (unpaired) electrons. The smallest absolute Gasteiger partial charge is 1.00 e. The van der Waals surface area contributed by atoms with Gasteiger partial charge in [0.05, 0.1) is 17.4 Å². The number of aromatic nitrogens is 2. The van der Waals surface area contributed by atoms with Gasteiger partial charge in [-0.2, -0.15) is 11.1 Å². The molecule has 1 heterocycles. The van der Waals surface area contributed by atoms with Gasteiger partial charge in [-0.15, -0.1) is 54.4 Å². The van der Waals surface area contributed by atoms with Crippen molar-refractivity contribution in [1.82, 2.24) is 9.55 Å². The minimum Gasteiger partial charge on any atom is -1.00 e. The van der Waals surface area contributed by atoms with Gasteiger partial charge in [0.15, 0.2) is 0 Å². The molecule has 0 aliphatic heterocycles. The molecule has 3 aromatic carbocycles. The van der Waals surface area contributed by atoms with E-state index in [0.29, 0.717) is 0 Å². The minimum atomic E-state index is 0. The number of rotatable bonds is 1. The monoisotopic (exact) mass is 498 g/mol. The van der Waals surface area contributed by atoms with E-state index in [1.54, 1.807) is 0 Å². The molecule has 146 valence electrons. The first kappa shape index (κ1) is 25.5. The van der Waals surface area contributed by atoms with Crippen molar-refractivity contribution in [2.75, 3.05) is 0 Å². The van der Waals surface area contributed by atoms with Crippen LogP contribution in [0.4, 0.5) is 0 Å². The van der Waals surface area contributed by atoms with Gasteiger partial charge in [-0.1, -0.05) is 32.0 Å². The Hall–Kier alpha value is -1.54. The van der Waals surface area contributed by atoms with Crippen LogP contribution in [0, 0.1) is 6.08 Å². The number of fused-ring (bicyclic) bond motifs is 2. The maximum absolute atomic E-state index is 4.43. The van der Waals surface area contributed by atoms with Gasteiger partial charge in [0.2, 0.25) is 0 Å². The van der Waals surface area contributed by atoms with Crippen LogP contribution in [-0.4, -0.2) is 9.55 Å². The zero-order valence-electron chi connectivity index (χ0n) is 16.7. The van der Waals surface area contributed by atoms with Crippen molar-refractivity contribution < 1.29 is 51.0 Å². The van der Waals surface area contributed by atoms with Crippen LogP contribution in [0.1, 0.15) is 27.2 Å². The molecule has 0 amide bonds. The molecule has 1 aliphatic carbocycles. The quantitative estimate of drug-likeness (QED) is 0.346. The van der Waals surface area contributed by atoms with E-state index in [2.05, 4.69) is 78.9 Å². The molecule has 4 aromatic rings. The molecule has 0 bridgehead atoms. The summed E-state index contributed by atoms with van der Waals surface area (Å²) in [6.45, 7) is 6.44. The average Bonchev–Trinajstić information content (AvgIpc) is 3.35. The van der Waals surface area contributed by atoms with Crippen LogP contribution in [-0.2, 0) is 26.2 Å². The number of hydrogen-bond acceptors (Lipinski definition) is 1. The fourth-order valence-electron chi connectivity index (χ4n) is 3.29. The standard InChI is InChI=1S/C16H11N2.C8H11.2ClH.Zr/c1-2-6-13-10-14(9-12(13)5-1)18-11-17-15-7-3-4-8-16(15)18;1-6-4-5-7(2)8(6)3;;;/h1-11H;4H2,1-3H3;2*1H;/q2*-1;;;+4/p-2. The molecule has 5 rings (SSSR count). The Balaban J connectivity index is 0.000000332. The maximum Gasteiger partial charge on any atom is 4.00 e. The predicted octanol–water partition coefficient (Wildman–Crippen LogP) is 0.379. The summed E-state index contributed by atoms with van der Waals surface area (Å²) in [6.07, 6.45) is 6.20. The van der Waals surface area contributed by atoms with Crippen molar-refractivity contribution in [3.63, 3.8) is 0 Å². The van der Waals surface area contributed by atoms with E-state index in [9.17, 15) is 0 Å². The third kappa shape index (κ3) is 5.34. The number of imidazole rings is 1. The summed E-state index contributed by atoms with van der Waals surface area (Å²) in [7, 11) is 0. The molecule has 5 heteroatoms. The second-order valence-electron chi connectivity index (χ2n) is 6.83. The largest absolute Gasteiger partial charge is 4.00 e. The summed E-state index contributed by atoms with van der Waals surface area (Å²) in [5.41, 5.74) is 7.59. The third-order valence-corrected chi connectivity index (χ3v) is 5.16. The van der Waals surface area contributed by atoms with Gasteiger partial charge in [0, 0.05) is 0 Å². The Morgan fingerprint density at radius 3 is 2.28 bits per heavy atom. The maximum atomic E-state index is 4.43. The van der Waals surface area contributed by atoms with Crippen molar-refractivity contribution in [2.45, 2.75) is 27.2 Å². The van der Waals surface area contributed by atoms with E-state index in [1.165, 1.54) is 33.2 Å². The van der Waals surface area contributed by atoms with Crippen LogP contribution >= 0.6 is 0 Å². The summed E-state index contributed by atoms with van der Waals surface area (Å²) in [6, 6.07) is 21.0. The zero-order chi connectivity index (χ0) is 18.1. The van der Waals surface area contributed by atoms with Crippen LogP contribution < -0.4 is 24.8 Å². The molecule has 0 unspecified atom stereocenters. The van der Waals surface area contributed by atoms with Crippen LogP contribution in [0.2, 0.25) is 0 Å². The van der Waals surface area contributed by atoms with Gasteiger partial charge in [-0.3, -0.25) is 6.08 Å². The van der Waals surface area contributed by atoms with Gasteiger partial charge in [-0.25, -0.2) is 10.6 Å². The summed E-state index contributed by atoms with van der Waals surface area (Å²) in [5.74, 6) is 0. The number of nitrogens with zero attached hydrogens (tertiary/aromatic N) is 2. The van der Waals surface area contributed by atoms with Gasteiger partial charge >= 0.3 is 26.2 Å². The first-order valence-electron chi connectivity index (χ1n) is 8.95. The fourth-order valence-corrected chi connectivity index (χ4v) is 3.29. The van der Waals surface area contributed by atoms with E-state index in [1.807, 2.05) is 24.5 Å². The molecule has 0 spiro atoms. The Bertz CT molecular complexity index is 1110. The van der Waals surface area contributed by atoms with Crippen molar-refractivity contribution in [2.24, 2.45) is 0 Å². The second kappa shape index (κ2) is 11.0. The SMILES string of the molecule is CC1=[C-]CC(C)=C1C.[Cl-].[Cl-].[Zr+4].c1ccc2[cH-]c(-n3cnc4ccccc43)cc2c1. The fraction of sp³-hybridized carbons (Fsp3) is 0.167. The van der Waals surface area contributed by atoms with E-state index in [0.717, 1.165) is 17.5 Å². The van der Waals surface area contributed by atoms with E-state index in [-0.39, 0.29) is 51.0 Å². The third-order valence-electron chi connectivity index (χ3n) is 5.16. The molecule has 0 fully saturated rings. The van der Waals surface area contributed by atoms with Gasteiger partial charge in [0.25, 0.3) is 0 Å². The van der Waals surface area contributed by atoms with E-state index < -0.39 is 0 Å².